The van der Waals surface area contributed by atoms with Crippen molar-refractivity contribution in [2.24, 2.45) is 0 Å². The molecule has 1 aromatic carbocycles. The first kappa shape index (κ1) is 16.6. The van der Waals surface area contributed by atoms with Crippen molar-refractivity contribution in [3.63, 3.8) is 0 Å². The lowest BCUT2D eigenvalue weighted by molar-refractivity contribution is -0.139. The van der Waals surface area contributed by atoms with E-state index in [1.165, 1.54) is 23.5 Å². The van der Waals surface area contributed by atoms with Gasteiger partial charge < -0.3 is 10.0 Å². The van der Waals surface area contributed by atoms with Gasteiger partial charge in [-0.1, -0.05) is 12.1 Å². The van der Waals surface area contributed by atoms with Crippen LogP contribution in [0.3, 0.4) is 0 Å². The first-order chi connectivity index (χ1) is 11.5. The number of carbonyl (C=O) groups excluding carboxylic acids is 1. The first-order valence-electron chi connectivity index (χ1n) is 7.74. The number of nitrogens with zero attached hydrogens (tertiary/aromatic N) is 2. The molecule has 2 heterocycles. The number of hydrogen-bond donors (Lipinski definition) is 1. The molecule has 1 aromatic heterocycles. The summed E-state index contributed by atoms with van der Waals surface area (Å²) in [6.07, 6.45) is 1.68. The number of carbonyl (C=O) groups is 2. The molecule has 1 fully saturated rings. The highest BCUT2D eigenvalue weighted by molar-refractivity contribution is 7.13. The molecule has 1 amide bonds. The molecule has 0 spiro atoms. The van der Waals surface area contributed by atoms with Crippen molar-refractivity contribution in [1.29, 1.82) is 0 Å². The van der Waals surface area contributed by atoms with Crippen molar-refractivity contribution in [2.75, 3.05) is 6.54 Å². The summed E-state index contributed by atoms with van der Waals surface area (Å²) in [4.78, 5) is 29.4. The maximum Gasteiger partial charge on any atom is 0.305 e. The molecule has 126 valence electrons. The van der Waals surface area contributed by atoms with Crippen LogP contribution in [0, 0.1) is 5.82 Å². The number of benzene rings is 1. The summed E-state index contributed by atoms with van der Waals surface area (Å²) in [5.74, 6) is -1.31. The SMILES string of the molecule is O=C(O)CC1CCCN1C(=O)Cc1csc(-c2cccc(F)c2)n1. The van der Waals surface area contributed by atoms with Gasteiger partial charge in [-0.2, -0.15) is 0 Å². The Hall–Kier alpha value is -2.28. The number of halogens is 1. The predicted molar refractivity (Wildman–Crippen MR) is 88.2 cm³/mol. The average molecular weight is 348 g/mol. The van der Waals surface area contributed by atoms with Gasteiger partial charge in [-0.3, -0.25) is 9.59 Å². The number of aromatic nitrogens is 1. The van der Waals surface area contributed by atoms with E-state index in [0.717, 1.165) is 12.8 Å². The van der Waals surface area contributed by atoms with Gasteiger partial charge in [-0.25, -0.2) is 9.37 Å². The summed E-state index contributed by atoms with van der Waals surface area (Å²) in [6, 6.07) is 5.95. The van der Waals surface area contributed by atoms with E-state index in [2.05, 4.69) is 4.98 Å². The van der Waals surface area contributed by atoms with E-state index in [4.69, 9.17) is 5.11 Å². The Morgan fingerprint density at radius 3 is 3.00 bits per heavy atom. The Bertz CT molecular complexity index is 762. The molecule has 1 atom stereocenters. The van der Waals surface area contributed by atoms with Crippen molar-refractivity contribution in [1.82, 2.24) is 9.88 Å². The zero-order valence-corrected chi connectivity index (χ0v) is 13.8. The van der Waals surface area contributed by atoms with E-state index >= 15 is 0 Å². The summed E-state index contributed by atoms with van der Waals surface area (Å²) < 4.78 is 13.3. The molecule has 0 bridgehead atoms. The van der Waals surface area contributed by atoms with Gasteiger partial charge in [0.25, 0.3) is 0 Å². The largest absolute Gasteiger partial charge is 0.481 e. The molecule has 0 saturated carbocycles. The van der Waals surface area contributed by atoms with Gasteiger partial charge in [0.2, 0.25) is 5.91 Å². The van der Waals surface area contributed by atoms with Crippen LogP contribution in [0.1, 0.15) is 25.0 Å². The monoisotopic (exact) mass is 348 g/mol. The van der Waals surface area contributed by atoms with E-state index in [-0.39, 0.29) is 30.6 Å². The number of hydrogen-bond acceptors (Lipinski definition) is 4. The second-order valence-corrected chi connectivity index (χ2v) is 6.67. The second-order valence-electron chi connectivity index (χ2n) is 5.81. The number of rotatable bonds is 5. The predicted octanol–water partition coefficient (Wildman–Crippen LogP) is 2.96. The van der Waals surface area contributed by atoms with Crippen molar-refractivity contribution in [3.05, 3.63) is 41.2 Å². The minimum Gasteiger partial charge on any atom is -0.481 e. The van der Waals surface area contributed by atoms with E-state index in [1.54, 1.807) is 22.4 Å². The van der Waals surface area contributed by atoms with Crippen LogP contribution in [0.25, 0.3) is 10.6 Å². The van der Waals surface area contributed by atoms with Crippen LogP contribution in [-0.2, 0) is 16.0 Å². The fraction of sp³-hybridized carbons (Fsp3) is 0.353. The van der Waals surface area contributed by atoms with Crippen LogP contribution < -0.4 is 0 Å². The Morgan fingerprint density at radius 2 is 2.25 bits per heavy atom. The summed E-state index contributed by atoms with van der Waals surface area (Å²) >= 11 is 1.36. The Balaban J connectivity index is 1.68. The highest BCUT2D eigenvalue weighted by Crippen LogP contribution is 2.26. The fourth-order valence-corrected chi connectivity index (χ4v) is 3.79. The molecular formula is C17H17FN2O3S. The van der Waals surface area contributed by atoms with Gasteiger partial charge in [0, 0.05) is 23.5 Å². The Labute approximate surface area is 142 Å². The zero-order chi connectivity index (χ0) is 17.1. The lowest BCUT2D eigenvalue weighted by Crippen LogP contribution is -2.37. The molecule has 3 rings (SSSR count). The minimum absolute atomic E-state index is 0.0165. The van der Waals surface area contributed by atoms with Crippen molar-refractivity contribution in [2.45, 2.75) is 31.7 Å². The van der Waals surface area contributed by atoms with Gasteiger partial charge in [0.15, 0.2) is 0 Å². The number of carboxylic acids is 1. The van der Waals surface area contributed by atoms with Gasteiger partial charge in [-0.15, -0.1) is 11.3 Å². The van der Waals surface area contributed by atoms with Crippen molar-refractivity contribution in [3.8, 4) is 10.6 Å². The van der Waals surface area contributed by atoms with Crippen LogP contribution >= 0.6 is 11.3 Å². The second kappa shape index (κ2) is 7.09. The maximum atomic E-state index is 13.3. The van der Waals surface area contributed by atoms with E-state index in [9.17, 15) is 14.0 Å². The number of carboxylic acid groups (broad SMARTS) is 1. The molecule has 1 unspecified atom stereocenters. The van der Waals surface area contributed by atoms with Crippen molar-refractivity contribution >= 4 is 23.2 Å². The Kier molecular flexibility index (Phi) is 4.89. The molecule has 7 heteroatoms. The highest BCUT2D eigenvalue weighted by Gasteiger charge is 2.30. The average Bonchev–Trinajstić information content (AvgIpc) is 3.16. The van der Waals surface area contributed by atoms with Gasteiger partial charge in [0.05, 0.1) is 18.5 Å². The van der Waals surface area contributed by atoms with Gasteiger partial charge in [0.1, 0.15) is 10.8 Å². The quantitative estimate of drug-likeness (QED) is 0.902. The van der Waals surface area contributed by atoms with Crippen LogP contribution in [0.2, 0.25) is 0 Å². The third kappa shape index (κ3) is 3.79. The number of likely N-dealkylation sites (tertiary alicyclic amines) is 1. The van der Waals surface area contributed by atoms with Gasteiger partial charge in [-0.05, 0) is 25.0 Å². The molecule has 0 radical (unpaired) electrons. The van der Waals surface area contributed by atoms with Gasteiger partial charge >= 0.3 is 5.97 Å². The number of amides is 1. The van der Waals surface area contributed by atoms with E-state index in [1.807, 2.05) is 0 Å². The third-order valence-electron chi connectivity index (χ3n) is 4.06. The van der Waals surface area contributed by atoms with Crippen LogP contribution in [-0.4, -0.2) is 39.5 Å². The van der Waals surface area contributed by atoms with Crippen molar-refractivity contribution < 1.29 is 19.1 Å². The van der Waals surface area contributed by atoms with Crippen LogP contribution in [0.4, 0.5) is 4.39 Å². The standard InChI is InChI=1S/C17H17FN2O3S/c18-12-4-1-3-11(7-12)17-19-13(10-24-17)8-15(21)20-6-2-5-14(20)9-16(22)23/h1,3-4,7,10,14H,2,5-6,8-9H2,(H,22,23). The smallest absolute Gasteiger partial charge is 0.305 e. The molecule has 5 nitrogen and oxygen atoms in total. The molecule has 1 aliphatic rings. The van der Waals surface area contributed by atoms with E-state index < -0.39 is 5.97 Å². The normalized spacial score (nSPS) is 17.2. The minimum atomic E-state index is -0.887. The summed E-state index contributed by atoms with van der Waals surface area (Å²) in [5.41, 5.74) is 1.31. The first-order valence-corrected chi connectivity index (χ1v) is 8.62. The van der Waals surface area contributed by atoms with Crippen LogP contribution in [0.15, 0.2) is 29.6 Å². The molecule has 1 aliphatic heterocycles. The molecular weight excluding hydrogens is 331 g/mol. The van der Waals surface area contributed by atoms with Crippen LogP contribution in [0.5, 0.6) is 0 Å². The Morgan fingerprint density at radius 1 is 1.42 bits per heavy atom. The topological polar surface area (TPSA) is 70.5 Å². The summed E-state index contributed by atoms with van der Waals surface area (Å²) in [6.45, 7) is 0.595. The fourth-order valence-electron chi connectivity index (χ4n) is 2.98. The third-order valence-corrected chi connectivity index (χ3v) is 5.00. The summed E-state index contributed by atoms with van der Waals surface area (Å²) in [7, 11) is 0. The number of aliphatic carboxylic acids is 1. The molecule has 1 N–H and O–H groups in total. The van der Waals surface area contributed by atoms with E-state index in [0.29, 0.717) is 22.8 Å². The molecule has 1 saturated heterocycles. The maximum absolute atomic E-state index is 13.3. The molecule has 24 heavy (non-hydrogen) atoms. The lowest BCUT2D eigenvalue weighted by atomic mass is 10.1. The molecule has 0 aliphatic carbocycles. The molecule has 2 aromatic rings. The lowest BCUT2D eigenvalue weighted by Gasteiger charge is -2.23. The number of thiazole rings is 1. The highest BCUT2D eigenvalue weighted by atomic mass is 32.1. The summed E-state index contributed by atoms with van der Waals surface area (Å²) in [5, 5.41) is 11.4. The zero-order valence-electron chi connectivity index (χ0n) is 12.9.